The van der Waals surface area contributed by atoms with Crippen molar-refractivity contribution in [2.24, 2.45) is 0 Å². The van der Waals surface area contributed by atoms with Crippen LogP contribution >= 0.6 is 11.8 Å². The van der Waals surface area contributed by atoms with Gasteiger partial charge in [0.2, 0.25) is 0 Å². The number of likely N-dealkylation sites (N-methyl/N-ethyl adjacent to an activating group) is 1. The summed E-state index contributed by atoms with van der Waals surface area (Å²) in [6.07, 6.45) is 5.25. The van der Waals surface area contributed by atoms with E-state index >= 15 is 0 Å². The minimum absolute atomic E-state index is 0.195. The SMILES string of the molecule is C=C(c1ccc2c(c1)Nc1ccccc1S2)c1cn2cc(C(=O)NCCN(C)C)nc2cn1. The fourth-order valence-corrected chi connectivity index (χ4v) is 4.59. The topological polar surface area (TPSA) is 74.6 Å². The molecule has 0 bridgehead atoms. The summed E-state index contributed by atoms with van der Waals surface area (Å²) in [5.74, 6) is -0.195. The lowest BCUT2D eigenvalue weighted by Gasteiger charge is -2.21. The van der Waals surface area contributed by atoms with Crippen molar-refractivity contribution < 1.29 is 4.79 Å². The molecular weight excluding hydrogens is 432 g/mol. The minimum Gasteiger partial charge on any atom is -0.354 e. The Kier molecular flexibility index (Phi) is 5.62. The Balaban J connectivity index is 1.36. The Morgan fingerprint density at radius 2 is 1.91 bits per heavy atom. The molecule has 33 heavy (non-hydrogen) atoms. The van der Waals surface area contributed by atoms with Gasteiger partial charge in [0.1, 0.15) is 5.69 Å². The average molecular weight is 457 g/mol. The molecule has 0 saturated heterocycles. The molecule has 166 valence electrons. The van der Waals surface area contributed by atoms with E-state index < -0.39 is 0 Å². The first-order chi connectivity index (χ1) is 16.0. The Hall–Kier alpha value is -3.62. The van der Waals surface area contributed by atoms with Crippen LogP contribution in [0.2, 0.25) is 0 Å². The Labute approximate surface area is 196 Å². The first-order valence-corrected chi connectivity index (χ1v) is 11.4. The number of rotatable bonds is 6. The van der Waals surface area contributed by atoms with E-state index in [0.717, 1.165) is 34.8 Å². The molecule has 8 heteroatoms. The van der Waals surface area contributed by atoms with E-state index in [1.807, 2.05) is 41.7 Å². The predicted molar refractivity (Wildman–Crippen MR) is 132 cm³/mol. The third-order valence-corrected chi connectivity index (χ3v) is 6.58. The number of benzene rings is 2. The highest BCUT2D eigenvalue weighted by atomic mass is 32.2. The molecule has 0 radical (unpaired) electrons. The fourth-order valence-electron chi connectivity index (χ4n) is 3.62. The summed E-state index contributed by atoms with van der Waals surface area (Å²) < 4.78 is 1.82. The first kappa shape index (κ1) is 21.2. The largest absolute Gasteiger partial charge is 0.354 e. The normalized spacial score (nSPS) is 12.2. The van der Waals surface area contributed by atoms with Gasteiger partial charge in [-0.15, -0.1) is 0 Å². The molecule has 0 fully saturated rings. The number of para-hydroxylation sites is 1. The van der Waals surface area contributed by atoms with Crippen LogP contribution < -0.4 is 10.6 Å². The maximum atomic E-state index is 12.4. The molecule has 5 rings (SSSR count). The van der Waals surface area contributed by atoms with Crippen molar-refractivity contribution in [3.8, 4) is 0 Å². The first-order valence-electron chi connectivity index (χ1n) is 10.6. The van der Waals surface area contributed by atoms with Crippen molar-refractivity contribution in [1.82, 2.24) is 24.6 Å². The lowest BCUT2D eigenvalue weighted by molar-refractivity contribution is 0.0946. The highest BCUT2D eigenvalue weighted by molar-refractivity contribution is 7.99. The van der Waals surface area contributed by atoms with E-state index in [1.54, 1.807) is 24.2 Å². The molecule has 0 saturated carbocycles. The van der Waals surface area contributed by atoms with E-state index in [0.29, 0.717) is 17.9 Å². The number of carbonyl (C=O) groups is 1. The maximum absolute atomic E-state index is 12.4. The van der Waals surface area contributed by atoms with Gasteiger partial charge >= 0.3 is 0 Å². The zero-order chi connectivity index (χ0) is 22.9. The van der Waals surface area contributed by atoms with Crippen LogP contribution in [0.4, 0.5) is 11.4 Å². The Morgan fingerprint density at radius 3 is 2.76 bits per heavy atom. The van der Waals surface area contributed by atoms with Gasteiger partial charge in [0, 0.05) is 40.8 Å². The lowest BCUT2D eigenvalue weighted by Crippen LogP contribution is -2.31. The quantitative estimate of drug-likeness (QED) is 0.397. The van der Waals surface area contributed by atoms with Gasteiger partial charge in [-0.1, -0.05) is 36.5 Å². The van der Waals surface area contributed by atoms with Gasteiger partial charge in [-0.2, -0.15) is 0 Å². The second kappa shape index (κ2) is 8.73. The van der Waals surface area contributed by atoms with E-state index in [-0.39, 0.29) is 5.91 Å². The van der Waals surface area contributed by atoms with Crippen LogP contribution in [0.25, 0.3) is 11.2 Å². The van der Waals surface area contributed by atoms with Crippen LogP contribution in [0.1, 0.15) is 21.7 Å². The second-order valence-electron chi connectivity index (χ2n) is 8.14. The zero-order valence-corrected chi connectivity index (χ0v) is 19.3. The van der Waals surface area contributed by atoms with Gasteiger partial charge in [-0.25, -0.2) is 4.98 Å². The number of anilines is 2. The molecule has 1 amide bonds. The smallest absolute Gasteiger partial charge is 0.271 e. The molecule has 0 aliphatic carbocycles. The van der Waals surface area contributed by atoms with Crippen molar-refractivity contribution in [3.05, 3.63) is 84.6 Å². The summed E-state index contributed by atoms with van der Waals surface area (Å²) in [4.78, 5) is 25.7. The summed E-state index contributed by atoms with van der Waals surface area (Å²) in [6, 6.07) is 14.5. The van der Waals surface area contributed by atoms with E-state index in [4.69, 9.17) is 0 Å². The molecule has 0 atom stereocenters. The lowest BCUT2D eigenvalue weighted by atomic mass is 10.0. The van der Waals surface area contributed by atoms with Crippen molar-refractivity contribution in [2.45, 2.75) is 9.79 Å². The molecule has 2 aromatic carbocycles. The predicted octanol–water partition coefficient (Wildman–Crippen LogP) is 4.29. The molecule has 1 aliphatic heterocycles. The van der Waals surface area contributed by atoms with Gasteiger partial charge in [0.15, 0.2) is 5.65 Å². The monoisotopic (exact) mass is 456 g/mol. The molecular formula is C25H24N6OS. The van der Waals surface area contributed by atoms with Gasteiger partial charge in [-0.3, -0.25) is 9.78 Å². The molecule has 0 spiro atoms. The number of nitrogens with one attached hydrogen (secondary N) is 2. The van der Waals surface area contributed by atoms with Crippen LogP contribution in [0, 0.1) is 0 Å². The number of nitrogens with zero attached hydrogens (tertiary/aromatic N) is 4. The Bertz CT molecular complexity index is 1380. The zero-order valence-electron chi connectivity index (χ0n) is 18.5. The third-order valence-electron chi connectivity index (χ3n) is 5.43. The van der Waals surface area contributed by atoms with Crippen molar-refractivity contribution in [1.29, 1.82) is 0 Å². The molecule has 2 N–H and O–H groups in total. The second-order valence-corrected chi connectivity index (χ2v) is 9.22. The average Bonchev–Trinajstić information content (AvgIpc) is 3.25. The number of carbonyl (C=O) groups excluding carboxylic acids is 1. The summed E-state index contributed by atoms with van der Waals surface area (Å²) in [6.45, 7) is 5.61. The molecule has 0 unspecified atom stereocenters. The molecule has 7 nitrogen and oxygen atoms in total. The standard InChI is InChI=1S/C25H24N6OS/c1-16(17-8-9-23-19(12-17)28-18-6-4-5-7-22(18)33-23)20-14-31-15-21(29-24(31)13-27-20)25(32)26-10-11-30(2)3/h4-9,12-15,28H,1,10-11H2,2-3H3,(H,26,32). The van der Waals surface area contributed by atoms with E-state index in [1.165, 1.54) is 9.79 Å². The summed E-state index contributed by atoms with van der Waals surface area (Å²) in [5.41, 5.74) is 5.65. The molecule has 2 aromatic heterocycles. The maximum Gasteiger partial charge on any atom is 0.271 e. The van der Waals surface area contributed by atoms with Crippen LogP contribution in [-0.4, -0.2) is 52.4 Å². The van der Waals surface area contributed by atoms with Gasteiger partial charge < -0.3 is 19.9 Å². The molecule has 1 aliphatic rings. The molecule has 4 aromatic rings. The number of aromatic nitrogens is 3. The number of hydrogen-bond donors (Lipinski definition) is 2. The van der Waals surface area contributed by atoms with E-state index in [9.17, 15) is 4.79 Å². The van der Waals surface area contributed by atoms with Gasteiger partial charge in [-0.05, 0) is 43.9 Å². The highest BCUT2D eigenvalue weighted by Crippen LogP contribution is 2.44. The number of hydrogen-bond acceptors (Lipinski definition) is 6. The van der Waals surface area contributed by atoms with Crippen LogP contribution in [0.15, 0.2) is 77.4 Å². The van der Waals surface area contributed by atoms with E-state index in [2.05, 4.69) is 57.5 Å². The number of fused-ring (bicyclic) bond motifs is 3. The fraction of sp³-hybridized carbons (Fsp3) is 0.160. The number of amides is 1. The number of imidazole rings is 1. The highest BCUT2D eigenvalue weighted by Gasteiger charge is 2.17. The summed E-state index contributed by atoms with van der Waals surface area (Å²) in [7, 11) is 3.93. The molecule has 3 heterocycles. The Morgan fingerprint density at radius 1 is 1.12 bits per heavy atom. The van der Waals surface area contributed by atoms with Gasteiger partial charge in [0.25, 0.3) is 5.91 Å². The third kappa shape index (κ3) is 4.35. The van der Waals surface area contributed by atoms with Crippen molar-refractivity contribution in [3.63, 3.8) is 0 Å². The van der Waals surface area contributed by atoms with Crippen molar-refractivity contribution in [2.75, 3.05) is 32.5 Å². The van der Waals surface area contributed by atoms with Crippen LogP contribution in [-0.2, 0) is 0 Å². The summed E-state index contributed by atoms with van der Waals surface area (Å²) in [5, 5.41) is 6.40. The minimum atomic E-state index is -0.195. The van der Waals surface area contributed by atoms with Crippen LogP contribution in [0.3, 0.4) is 0 Å². The van der Waals surface area contributed by atoms with Crippen LogP contribution in [0.5, 0.6) is 0 Å². The summed E-state index contributed by atoms with van der Waals surface area (Å²) >= 11 is 1.75. The van der Waals surface area contributed by atoms with Crippen molar-refractivity contribution >= 4 is 40.3 Å². The van der Waals surface area contributed by atoms with Gasteiger partial charge in [0.05, 0.1) is 23.3 Å².